The molecule has 0 fully saturated rings. The topological polar surface area (TPSA) is 107 Å². The fourth-order valence-electron chi connectivity index (χ4n) is 2.99. The van der Waals surface area contributed by atoms with E-state index >= 15 is 0 Å². The Bertz CT molecular complexity index is 950. The summed E-state index contributed by atoms with van der Waals surface area (Å²) in [5.74, 6) is -1.55. The first-order chi connectivity index (χ1) is 16.0. The molecule has 0 aliphatic carbocycles. The van der Waals surface area contributed by atoms with Gasteiger partial charge in [-0.2, -0.15) is 0 Å². The summed E-state index contributed by atoms with van der Waals surface area (Å²) in [5, 5.41) is 0. The summed E-state index contributed by atoms with van der Waals surface area (Å²) in [4.78, 5) is 43.6. The highest BCUT2D eigenvalue weighted by Crippen LogP contribution is 2.07. The maximum atomic E-state index is 11.2. The van der Waals surface area contributed by atoms with Crippen LogP contribution in [0.2, 0.25) is 0 Å². The number of hydrogen-bond donors (Lipinski definition) is 1. The molecule has 0 spiro atoms. The third-order valence-electron chi connectivity index (χ3n) is 4.66. The van der Waals surface area contributed by atoms with Gasteiger partial charge in [-0.05, 0) is 43.4 Å². The minimum Gasteiger partial charge on any atom is -0.387 e. The SMILES string of the molecule is NCCCc1ccccc1.O=C1C=CC(=O)N1CCCc1ccccc1.O=C1C=CC(=O)O1. The second-order valence-electron chi connectivity index (χ2n) is 7.20. The summed E-state index contributed by atoms with van der Waals surface area (Å²) in [6.45, 7) is 1.29. The summed E-state index contributed by atoms with van der Waals surface area (Å²) >= 11 is 0. The molecule has 2 heterocycles. The highest BCUT2D eigenvalue weighted by Gasteiger charge is 2.22. The standard InChI is InChI=1S/C13H13NO2.C9H13N.C4H2O3/c15-12-8-9-13(16)14(12)10-4-7-11-5-2-1-3-6-11;10-8-4-7-9-5-2-1-3-6-9;5-3-1-2-4(6)7-3/h1-3,5-6,8-9H,4,7,10H2;1-3,5-6H,4,7-8,10H2;1-2H. The van der Waals surface area contributed by atoms with Crippen molar-refractivity contribution < 1.29 is 23.9 Å². The molecule has 2 aromatic rings. The van der Waals surface area contributed by atoms with Crippen molar-refractivity contribution in [2.75, 3.05) is 13.1 Å². The fraction of sp³-hybridized carbons (Fsp3) is 0.231. The van der Waals surface area contributed by atoms with Crippen LogP contribution in [0.1, 0.15) is 24.0 Å². The average molecular weight is 449 g/mol. The van der Waals surface area contributed by atoms with Gasteiger partial charge < -0.3 is 10.5 Å². The Kier molecular flexibility index (Phi) is 11.0. The summed E-state index contributed by atoms with van der Waals surface area (Å²) in [6.07, 6.45) is 8.71. The first-order valence-electron chi connectivity index (χ1n) is 10.7. The lowest BCUT2D eigenvalue weighted by Gasteiger charge is -2.13. The van der Waals surface area contributed by atoms with Gasteiger partial charge >= 0.3 is 11.9 Å². The molecule has 7 heteroatoms. The van der Waals surface area contributed by atoms with Crippen LogP contribution < -0.4 is 5.73 Å². The highest BCUT2D eigenvalue weighted by atomic mass is 16.6. The maximum absolute atomic E-state index is 11.2. The summed E-state index contributed by atoms with van der Waals surface area (Å²) in [5.41, 5.74) is 7.99. The Hall–Kier alpha value is -3.84. The first-order valence-corrected chi connectivity index (χ1v) is 10.7. The van der Waals surface area contributed by atoms with Gasteiger partial charge in [0, 0.05) is 30.8 Å². The van der Waals surface area contributed by atoms with Gasteiger partial charge in [0.05, 0.1) is 0 Å². The van der Waals surface area contributed by atoms with Crippen molar-refractivity contribution >= 4 is 23.8 Å². The summed E-state index contributed by atoms with van der Waals surface area (Å²) < 4.78 is 3.97. The number of carbonyl (C=O) groups is 4. The lowest BCUT2D eigenvalue weighted by Crippen LogP contribution is -2.31. The van der Waals surface area contributed by atoms with E-state index in [2.05, 4.69) is 29.0 Å². The number of ether oxygens (including phenoxy) is 1. The van der Waals surface area contributed by atoms with Gasteiger partial charge in [0.15, 0.2) is 0 Å². The molecule has 0 saturated heterocycles. The minimum atomic E-state index is -0.579. The van der Waals surface area contributed by atoms with Gasteiger partial charge in [-0.1, -0.05) is 60.7 Å². The van der Waals surface area contributed by atoms with Gasteiger partial charge in [0.25, 0.3) is 11.8 Å². The second kappa shape index (κ2) is 14.3. The molecular weight excluding hydrogens is 420 g/mol. The number of cyclic esters (lactones) is 2. The van der Waals surface area contributed by atoms with E-state index in [1.165, 1.54) is 28.2 Å². The van der Waals surface area contributed by atoms with Crippen molar-refractivity contribution in [3.63, 3.8) is 0 Å². The molecule has 4 rings (SSSR count). The smallest absolute Gasteiger partial charge is 0.338 e. The van der Waals surface area contributed by atoms with Crippen LogP contribution in [0.3, 0.4) is 0 Å². The number of rotatable bonds is 7. The molecule has 0 aromatic heterocycles. The van der Waals surface area contributed by atoms with Crippen LogP contribution in [0.4, 0.5) is 0 Å². The number of imide groups is 1. The van der Waals surface area contributed by atoms with Crippen molar-refractivity contribution in [1.82, 2.24) is 4.90 Å². The molecule has 0 unspecified atom stereocenters. The van der Waals surface area contributed by atoms with E-state index in [9.17, 15) is 19.2 Å². The summed E-state index contributed by atoms with van der Waals surface area (Å²) in [7, 11) is 0. The zero-order valence-electron chi connectivity index (χ0n) is 18.4. The molecule has 2 aliphatic rings. The normalized spacial score (nSPS) is 13.9. The van der Waals surface area contributed by atoms with Crippen LogP contribution >= 0.6 is 0 Å². The van der Waals surface area contributed by atoms with Crippen LogP contribution in [0, 0.1) is 0 Å². The summed E-state index contributed by atoms with van der Waals surface area (Å²) in [6, 6.07) is 20.5. The van der Waals surface area contributed by atoms with Crippen LogP contribution in [-0.2, 0) is 36.8 Å². The van der Waals surface area contributed by atoms with E-state index in [4.69, 9.17) is 5.73 Å². The Morgan fingerprint density at radius 2 is 1.09 bits per heavy atom. The van der Waals surface area contributed by atoms with E-state index in [0.29, 0.717) is 6.54 Å². The van der Waals surface area contributed by atoms with Crippen LogP contribution in [0.5, 0.6) is 0 Å². The van der Waals surface area contributed by atoms with Crippen molar-refractivity contribution in [1.29, 1.82) is 0 Å². The number of amides is 2. The molecule has 2 N–H and O–H groups in total. The van der Waals surface area contributed by atoms with Gasteiger partial charge in [-0.15, -0.1) is 0 Å². The molecule has 172 valence electrons. The molecule has 0 saturated carbocycles. The number of nitrogens with zero attached hydrogens (tertiary/aromatic N) is 1. The maximum Gasteiger partial charge on any atom is 0.338 e. The Labute approximate surface area is 193 Å². The molecule has 2 amide bonds. The number of nitrogens with two attached hydrogens (primary N) is 1. The van der Waals surface area contributed by atoms with E-state index in [-0.39, 0.29) is 11.8 Å². The van der Waals surface area contributed by atoms with Crippen molar-refractivity contribution in [2.24, 2.45) is 5.73 Å². The van der Waals surface area contributed by atoms with Crippen LogP contribution in [-0.4, -0.2) is 41.7 Å². The first kappa shape index (κ1) is 25.4. The van der Waals surface area contributed by atoms with E-state index in [0.717, 1.165) is 44.4 Å². The van der Waals surface area contributed by atoms with Crippen molar-refractivity contribution in [3.05, 3.63) is 96.1 Å². The highest BCUT2D eigenvalue weighted by molar-refractivity contribution is 6.12. The number of benzene rings is 2. The van der Waals surface area contributed by atoms with Gasteiger partial charge in [-0.25, -0.2) is 9.59 Å². The predicted octanol–water partition coefficient (Wildman–Crippen LogP) is 2.75. The monoisotopic (exact) mass is 448 g/mol. The molecule has 0 bridgehead atoms. The second-order valence-corrected chi connectivity index (χ2v) is 7.20. The van der Waals surface area contributed by atoms with Gasteiger partial charge in [0.1, 0.15) is 0 Å². The van der Waals surface area contributed by atoms with E-state index < -0.39 is 11.9 Å². The number of esters is 2. The van der Waals surface area contributed by atoms with Gasteiger partial charge in [-0.3, -0.25) is 14.5 Å². The predicted molar refractivity (Wildman–Crippen MR) is 125 cm³/mol. The molecule has 2 aromatic carbocycles. The molecule has 2 aliphatic heterocycles. The van der Waals surface area contributed by atoms with E-state index in [1.54, 1.807) is 0 Å². The zero-order chi connectivity index (χ0) is 23.9. The van der Waals surface area contributed by atoms with E-state index in [1.807, 2.05) is 36.4 Å². The van der Waals surface area contributed by atoms with Crippen LogP contribution in [0.25, 0.3) is 0 Å². The van der Waals surface area contributed by atoms with Crippen LogP contribution in [0.15, 0.2) is 85.0 Å². The van der Waals surface area contributed by atoms with Crippen molar-refractivity contribution in [3.8, 4) is 0 Å². The third kappa shape index (κ3) is 9.88. The third-order valence-corrected chi connectivity index (χ3v) is 4.66. The molecule has 7 nitrogen and oxygen atoms in total. The fourth-order valence-corrected chi connectivity index (χ4v) is 2.99. The largest absolute Gasteiger partial charge is 0.387 e. The van der Waals surface area contributed by atoms with Crippen molar-refractivity contribution in [2.45, 2.75) is 25.7 Å². The number of hydrogen-bond acceptors (Lipinski definition) is 6. The Balaban J connectivity index is 0.000000193. The molecule has 0 radical (unpaired) electrons. The number of aryl methyl sites for hydroxylation is 2. The minimum absolute atomic E-state index is 0.196. The molecular formula is C26H28N2O5. The Morgan fingerprint density at radius 1 is 0.636 bits per heavy atom. The average Bonchev–Trinajstić information content (AvgIpc) is 3.38. The molecule has 33 heavy (non-hydrogen) atoms. The lowest BCUT2D eigenvalue weighted by molar-refractivity contribution is -0.150. The lowest BCUT2D eigenvalue weighted by atomic mass is 10.1. The van der Waals surface area contributed by atoms with Gasteiger partial charge in [0.2, 0.25) is 0 Å². The zero-order valence-corrected chi connectivity index (χ0v) is 18.4. The number of carbonyl (C=O) groups excluding carboxylic acids is 4. The quantitative estimate of drug-likeness (QED) is 0.397. The molecule has 0 atom stereocenters. The Morgan fingerprint density at radius 3 is 1.48 bits per heavy atom.